The third-order valence-electron chi connectivity index (χ3n) is 1.81. The minimum absolute atomic E-state index is 0.0450. The van der Waals surface area contributed by atoms with Crippen LogP contribution >= 0.6 is 0 Å². The third-order valence-corrected chi connectivity index (χ3v) is 2.93. The first kappa shape index (κ1) is 12.0. The second-order valence-corrected chi connectivity index (χ2v) is 4.86. The van der Waals surface area contributed by atoms with Gasteiger partial charge in [-0.25, -0.2) is 5.48 Å². The molecule has 0 bridgehead atoms. The first-order valence-corrected chi connectivity index (χ1v) is 6.44. The minimum Gasteiger partial charge on any atom is -0.249 e. The summed E-state index contributed by atoms with van der Waals surface area (Å²) in [4.78, 5) is 0. The van der Waals surface area contributed by atoms with Crippen LogP contribution in [0.2, 0.25) is 0 Å². The highest BCUT2D eigenvalue weighted by molar-refractivity contribution is 7.86. The van der Waals surface area contributed by atoms with Crippen LogP contribution in [0, 0.1) is 0 Å². The van der Waals surface area contributed by atoms with E-state index < -0.39 is 10.1 Å². The summed E-state index contributed by atoms with van der Waals surface area (Å²) in [7, 11) is -3.45. The van der Waals surface area contributed by atoms with Gasteiger partial charge in [0.25, 0.3) is 10.1 Å². The molecule has 0 heterocycles. The standard InChI is InChI=1S/C10H15NO3S/c1-2-3-9-15(12,13)14-11-10-7-5-4-6-8-10/h4-8,11H,2-3,9H2,1H3. The molecule has 15 heavy (non-hydrogen) atoms. The van der Waals surface area contributed by atoms with Gasteiger partial charge in [-0.3, -0.25) is 0 Å². The molecule has 0 fully saturated rings. The van der Waals surface area contributed by atoms with Crippen LogP contribution in [0.25, 0.3) is 0 Å². The summed E-state index contributed by atoms with van der Waals surface area (Å²) in [5.41, 5.74) is 3.03. The number of hydrogen-bond acceptors (Lipinski definition) is 4. The Balaban J connectivity index is 2.43. The van der Waals surface area contributed by atoms with Gasteiger partial charge in [0.15, 0.2) is 0 Å². The van der Waals surface area contributed by atoms with Crippen LogP contribution in [0.5, 0.6) is 0 Å². The molecule has 5 heteroatoms. The largest absolute Gasteiger partial charge is 0.287 e. The lowest BCUT2D eigenvalue weighted by Gasteiger charge is -2.06. The van der Waals surface area contributed by atoms with Crippen molar-refractivity contribution in [2.24, 2.45) is 0 Å². The van der Waals surface area contributed by atoms with E-state index in [0.29, 0.717) is 12.1 Å². The van der Waals surface area contributed by atoms with Crippen LogP contribution in [0.4, 0.5) is 5.69 Å². The maximum absolute atomic E-state index is 11.3. The van der Waals surface area contributed by atoms with E-state index >= 15 is 0 Å². The zero-order valence-corrected chi connectivity index (χ0v) is 9.46. The maximum atomic E-state index is 11.3. The van der Waals surface area contributed by atoms with Crippen LogP contribution in [-0.2, 0) is 14.4 Å². The van der Waals surface area contributed by atoms with Gasteiger partial charge in [-0.2, -0.15) is 12.7 Å². The number of nitrogens with one attached hydrogen (secondary N) is 1. The Labute approximate surface area is 90.3 Å². The summed E-state index contributed by atoms with van der Waals surface area (Å²) in [6, 6.07) is 8.90. The summed E-state index contributed by atoms with van der Waals surface area (Å²) in [6.07, 6.45) is 1.44. The molecule has 0 atom stereocenters. The molecule has 1 rings (SSSR count). The van der Waals surface area contributed by atoms with Gasteiger partial charge in [0, 0.05) is 0 Å². The van der Waals surface area contributed by atoms with Gasteiger partial charge >= 0.3 is 0 Å². The van der Waals surface area contributed by atoms with Crippen molar-refractivity contribution in [3.05, 3.63) is 30.3 Å². The zero-order chi connectivity index (χ0) is 11.1. The minimum atomic E-state index is -3.45. The number of rotatable bonds is 6. The lowest BCUT2D eigenvalue weighted by atomic mass is 10.3. The van der Waals surface area contributed by atoms with Crippen molar-refractivity contribution in [1.29, 1.82) is 0 Å². The fourth-order valence-electron chi connectivity index (χ4n) is 0.981. The normalized spacial score (nSPS) is 11.3. The highest BCUT2D eigenvalue weighted by atomic mass is 32.2. The van der Waals surface area contributed by atoms with E-state index in [1.165, 1.54) is 0 Å². The van der Waals surface area contributed by atoms with Gasteiger partial charge in [0.2, 0.25) is 0 Å². The van der Waals surface area contributed by atoms with E-state index in [1.54, 1.807) is 24.3 Å². The Bertz CT molecular complexity index is 375. The van der Waals surface area contributed by atoms with Crippen molar-refractivity contribution in [3.8, 4) is 0 Å². The molecular weight excluding hydrogens is 214 g/mol. The Morgan fingerprint density at radius 1 is 1.27 bits per heavy atom. The molecule has 0 aliphatic heterocycles. The SMILES string of the molecule is CCCCS(=O)(=O)ONc1ccccc1. The van der Waals surface area contributed by atoms with Crippen molar-refractivity contribution in [1.82, 2.24) is 0 Å². The van der Waals surface area contributed by atoms with Crippen LogP contribution in [-0.4, -0.2) is 14.2 Å². The first-order valence-electron chi connectivity index (χ1n) is 4.86. The molecule has 1 aromatic carbocycles. The van der Waals surface area contributed by atoms with Crippen LogP contribution in [0.1, 0.15) is 19.8 Å². The van der Waals surface area contributed by atoms with Crippen LogP contribution in [0.15, 0.2) is 30.3 Å². The molecule has 0 aromatic heterocycles. The monoisotopic (exact) mass is 229 g/mol. The number of benzene rings is 1. The molecule has 0 spiro atoms. The van der Waals surface area contributed by atoms with E-state index in [2.05, 4.69) is 9.76 Å². The van der Waals surface area contributed by atoms with Crippen LogP contribution in [0.3, 0.4) is 0 Å². The number of anilines is 1. The molecular formula is C10H15NO3S. The molecule has 1 N–H and O–H groups in total. The quantitative estimate of drug-likeness (QED) is 0.759. The number of unbranched alkanes of at least 4 members (excludes halogenated alkanes) is 1. The molecule has 0 radical (unpaired) electrons. The van der Waals surface area contributed by atoms with Gasteiger partial charge in [-0.15, -0.1) is 0 Å². The lowest BCUT2D eigenvalue weighted by molar-refractivity contribution is 0.389. The average molecular weight is 229 g/mol. The molecule has 1 aromatic rings. The maximum Gasteiger partial charge on any atom is 0.287 e. The first-order chi connectivity index (χ1) is 7.14. The zero-order valence-electron chi connectivity index (χ0n) is 8.64. The summed E-state index contributed by atoms with van der Waals surface area (Å²) in [6.45, 7) is 1.93. The molecule has 0 amide bonds. The number of hydrogen-bond donors (Lipinski definition) is 1. The Morgan fingerprint density at radius 2 is 1.93 bits per heavy atom. The lowest BCUT2D eigenvalue weighted by Crippen LogP contribution is -2.14. The second kappa shape index (κ2) is 5.72. The summed E-state index contributed by atoms with van der Waals surface area (Å²) < 4.78 is 27.2. The molecule has 0 aliphatic rings. The second-order valence-electron chi connectivity index (χ2n) is 3.17. The number of para-hydroxylation sites is 1. The molecule has 4 nitrogen and oxygen atoms in total. The highest BCUT2D eigenvalue weighted by Gasteiger charge is 2.10. The Morgan fingerprint density at radius 3 is 2.53 bits per heavy atom. The topological polar surface area (TPSA) is 55.4 Å². The predicted molar refractivity (Wildman–Crippen MR) is 59.8 cm³/mol. The van der Waals surface area contributed by atoms with Crippen molar-refractivity contribution in [3.63, 3.8) is 0 Å². The summed E-state index contributed by atoms with van der Waals surface area (Å²) >= 11 is 0. The fraction of sp³-hybridized carbons (Fsp3) is 0.400. The predicted octanol–water partition coefficient (Wildman–Crippen LogP) is 2.16. The third kappa shape index (κ3) is 4.80. The van der Waals surface area contributed by atoms with E-state index in [9.17, 15) is 8.42 Å². The van der Waals surface area contributed by atoms with Crippen molar-refractivity contribution in [2.75, 3.05) is 11.2 Å². The van der Waals surface area contributed by atoms with E-state index in [-0.39, 0.29) is 5.75 Å². The van der Waals surface area contributed by atoms with Crippen molar-refractivity contribution >= 4 is 15.8 Å². The van der Waals surface area contributed by atoms with E-state index in [0.717, 1.165) is 6.42 Å². The van der Waals surface area contributed by atoms with E-state index in [1.807, 2.05) is 13.0 Å². The molecule has 0 aliphatic carbocycles. The van der Waals surface area contributed by atoms with Gasteiger partial charge < -0.3 is 0 Å². The van der Waals surface area contributed by atoms with Crippen LogP contribution < -0.4 is 5.48 Å². The summed E-state index contributed by atoms with van der Waals surface area (Å²) in [5.74, 6) is 0.0450. The molecule has 84 valence electrons. The van der Waals surface area contributed by atoms with E-state index in [4.69, 9.17) is 0 Å². The average Bonchev–Trinajstić information content (AvgIpc) is 2.25. The smallest absolute Gasteiger partial charge is 0.249 e. The van der Waals surface area contributed by atoms with Crippen molar-refractivity contribution < 1.29 is 12.7 Å². The highest BCUT2D eigenvalue weighted by Crippen LogP contribution is 2.07. The summed E-state index contributed by atoms with van der Waals surface area (Å²) in [5, 5.41) is 0. The van der Waals surface area contributed by atoms with Gasteiger partial charge in [0.1, 0.15) is 0 Å². The Kier molecular flexibility index (Phi) is 4.58. The van der Waals surface area contributed by atoms with Gasteiger partial charge in [0.05, 0.1) is 11.4 Å². The fourth-order valence-corrected chi connectivity index (χ4v) is 1.93. The molecule has 0 unspecified atom stereocenters. The van der Waals surface area contributed by atoms with Crippen molar-refractivity contribution in [2.45, 2.75) is 19.8 Å². The Hall–Kier alpha value is -1.07. The van der Waals surface area contributed by atoms with Gasteiger partial charge in [-0.05, 0) is 18.6 Å². The van der Waals surface area contributed by atoms with Gasteiger partial charge in [-0.1, -0.05) is 31.5 Å². The molecule has 0 saturated carbocycles. The molecule has 0 saturated heterocycles.